The molecule has 2 aliphatic rings. The standard InChI is InChI=1S/C25H33N3OS/c1-15-14-28-21(20(27-23(28)30-15)19-10-8-9-11-26-19)16-12-17(24(2,3)4)22(29)18(13-16)25(5,6)7/h8-13,15,20-21,29H,14H2,1-7H3/t15-,20+,21-/m1/s1. The molecule has 0 amide bonds. The van der Waals surface area contributed by atoms with Gasteiger partial charge in [-0.25, -0.2) is 0 Å². The van der Waals surface area contributed by atoms with Gasteiger partial charge in [0.25, 0.3) is 0 Å². The van der Waals surface area contributed by atoms with Crippen molar-refractivity contribution >= 4 is 16.9 Å². The van der Waals surface area contributed by atoms with Gasteiger partial charge in [-0.05, 0) is 51.8 Å². The lowest BCUT2D eigenvalue weighted by atomic mass is 9.77. The molecule has 3 heterocycles. The lowest BCUT2D eigenvalue weighted by molar-refractivity contribution is 0.319. The number of amidine groups is 1. The van der Waals surface area contributed by atoms with E-state index in [9.17, 15) is 5.11 Å². The van der Waals surface area contributed by atoms with Crippen LogP contribution in [0.1, 0.15) is 82.9 Å². The van der Waals surface area contributed by atoms with Gasteiger partial charge in [-0.15, -0.1) is 0 Å². The Morgan fingerprint density at radius 1 is 1.03 bits per heavy atom. The van der Waals surface area contributed by atoms with E-state index in [-0.39, 0.29) is 22.9 Å². The summed E-state index contributed by atoms with van der Waals surface area (Å²) in [6.45, 7) is 16.2. The molecule has 30 heavy (non-hydrogen) atoms. The first-order valence-electron chi connectivity index (χ1n) is 10.8. The van der Waals surface area contributed by atoms with E-state index in [0.29, 0.717) is 11.0 Å². The molecule has 0 spiro atoms. The third kappa shape index (κ3) is 3.73. The van der Waals surface area contributed by atoms with Crippen LogP contribution in [-0.4, -0.2) is 32.0 Å². The summed E-state index contributed by atoms with van der Waals surface area (Å²) >= 11 is 1.85. The van der Waals surface area contributed by atoms with Crippen LogP contribution in [0.25, 0.3) is 0 Å². The number of aliphatic imine (C=N–C) groups is 1. The lowest BCUT2D eigenvalue weighted by Gasteiger charge is -2.32. The van der Waals surface area contributed by atoms with Gasteiger partial charge >= 0.3 is 0 Å². The number of thioether (sulfide) groups is 1. The quantitative estimate of drug-likeness (QED) is 0.646. The van der Waals surface area contributed by atoms with Gasteiger partial charge in [0.1, 0.15) is 11.8 Å². The second-order valence-electron chi connectivity index (χ2n) is 10.6. The Hall–Kier alpha value is -2.01. The van der Waals surface area contributed by atoms with E-state index >= 15 is 0 Å². The number of fused-ring (bicyclic) bond motifs is 1. The number of benzene rings is 1. The van der Waals surface area contributed by atoms with Crippen LogP contribution in [0.15, 0.2) is 41.5 Å². The summed E-state index contributed by atoms with van der Waals surface area (Å²) in [6.07, 6.45) is 1.85. The number of hydrogen-bond donors (Lipinski definition) is 1. The van der Waals surface area contributed by atoms with Crippen molar-refractivity contribution in [2.24, 2.45) is 4.99 Å². The Bertz CT molecular complexity index is 937. The van der Waals surface area contributed by atoms with E-state index < -0.39 is 0 Å². The molecule has 1 saturated heterocycles. The summed E-state index contributed by atoms with van der Waals surface area (Å²) in [5.41, 5.74) is 3.90. The van der Waals surface area contributed by atoms with Gasteiger partial charge in [-0.3, -0.25) is 9.98 Å². The minimum absolute atomic E-state index is 0.0358. The number of nitrogens with zero attached hydrogens (tertiary/aromatic N) is 3. The molecule has 1 aromatic heterocycles. The Balaban J connectivity index is 1.90. The number of phenols is 1. The van der Waals surface area contributed by atoms with Gasteiger partial charge in [0.15, 0.2) is 5.17 Å². The van der Waals surface area contributed by atoms with Crippen LogP contribution in [-0.2, 0) is 10.8 Å². The maximum absolute atomic E-state index is 11.2. The van der Waals surface area contributed by atoms with Gasteiger partial charge in [0.2, 0.25) is 0 Å². The molecule has 4 nitrogen and oxygen atoms in total. The zero-order chi connectivity index (χ0) is 21.8. The Morgan fingerprint density at radius 3 is 2.20 bits per heavy atom. The van der Waals surface area contributed by atoms with Crippen LogP contribution in [0.3, 0.4) is 0 Å². The Kier molecular flexibility index (Phi) is 5.16. The van der Waals surface area contributed by atoms with Crippen molar-refractivity contribution < 1.29 is 5.11 Å². The summed E-state index contributed by atoms with van der Waals surface area (Å²) < 4.78 is 0. The summed E-state index contributed by atoms with van der Waals surface area (Å²) in [4.78, 5) is 12.2. The van der Waals surface area contributed by atoms with Gasteiger partial charge in [-0.1, -0.05) is 66.3 Å². The van der Waals surface area contributed by atoms with Crippen LogP contribution >= 0.6 is 11.8 Å². The third-order valence-electron chi connectivity index (χ3n) is 5.97. The predicted molar refractivity (Wildman–Crippen MR) is 126 cm³/mol. The largest absolute Gasteiger partial charge is 0.507 e. The number of aromatic hydroxyl groups is 1. The van der Waals surface area contributed by atoms with E-state index in [1.54, 1.807) is 0 Å². The Labute approximate surface area is 184 Å². The summed E-state index contributed by atoms with van der Waals surface area (Å²) in [7, 11) is 0. The summed E-state index contributed by atoms with van der Waals surface area (Å²) in [5, 5.41) is 12.8. The van der Waals surface area contributed by atoms with Crippen LogP contribution in [0.2, 0.25) is 0 Å². The summed E-state index contributed by atoms with van der Waals surface area (Å²) in [5.74, 6) is 0.427. The molecule has 1 N–H and O–H groups in total. The van der Waals surface area contributed by atoms with Gasteiger partial charge in [0, 0.05) is 18.0 Å². The number of rotatable bonds is 2. The van der Waals surface area contributed by atoms with Crippen LogP contribution in [0.4, 0.5) is 0 Å². The van der Waals surface area contributed by atoms with Crippen molar-refractivity contribution in [3.05, 3.63) is 58.9 Å². The highest BCUT2D eigenvalue weighted by Gasteiger charge is 2.44. The van der Waals surface area contributed by atoms with Crippen molar-refractivity contribution in [1.29, 1.82) is 0 Å². The molecule has 0 unspecified atom stereocenters. The van der Waals surface area contributed by atoms with Crippen LogP contribution < -0.4 is 0 Å². The van der Waals surface area contributed by atoms with E-state index in [0.717, 1.165) is 28.5 Å². The molecule has 2 aliphatic heterocycles. The molecule has 0 bridgehead atoms. The number of hydrogen-bond acceptors (Lipinski definition) is 5. The van der Waals surface area contributed by atoms with Gasteiger partial charge in [-0.2, -0.15) is 0 Å². The van der Waals surface area contributed by atoms with Gasteiger partial charge in [0.05, 0.1) is 11.7 Å². The predicted octanol–water partition coefficient (Wildman–Crippen LogP) is 5.97. The molecule has 160 valence electrons. The molecule has 0 aliphatic carbocycles. The fourth-order valence-corrected chi connectivity index (χ4v) is 5.54. The third-order valence-corrected chi connectivity index (χ3v) is 7.07. The summed E-state index contributed by atoms with van der Waals surface area (Å²) in [6, 6.07) is 10.5. The maximum Gasteiger partial charge on any atom is 0.160 e. The zero-order valence-electron chi connectivity index (χ0n) is 19.1. The van der Waals surface area contributed by atoms with Crippen LogP contribution in [0.5, 0.6) is 5.75 Å². The average molecular weight is 424 g/mol. The highest BCUT2D eigenvalue weighted by atomic mass is 32.2. The molecule has 1 aromatic carbocycles. The van der Waals surface area contributed by atoms with Crippen LogP contribution in [0, 0.1) is 0 Å². The molecular weight excluding hydrogens is 390 g/mol. The van der Waals surface area contributed by atoms with E-state index in [1.807, 2.05) is 30.1 Å². The second-order valence-corrected chi connectivity index (χ2v) is 12.0. The highest BCUT2D eigenvalue weighted by molar-refractivity contribution is 8.14. The SMILES string of the molecule is C[C@@H]1CN2C(=N[C@@H](c3ccccn3)[C@H]2c2cc(C(C)(C)C)c(O)c(C(C)(C)C)c2)S1. The average Bonchev–Trinajstić information content (AvgIpc) is 3.16. The topological polar surface area (TPSA) is 48.7 Å². The second kappa shape index (κ2) is 7.30. The highest BCUT2D eigenvalue weighted by Crippen LogP contribution is 2.50. The van der Waals surface area contributed by atoms with Crippen molar-refractivity contribution in [2.75, 3.05) is 6.54 Å². The molecule has 5 heteroatoms. The molecule has 4 rings (SSSR count). The van der Waals surface area contributed by atoms with Crippen molar-refractivity contribution in [3.63, 3.8) is 0 Å². The normalized spacial score (nSPS) is 24.2. The first kappa shape index (κ1) is 21.2. The molecule has 0 radical (unpaired) electrons. The van der Waals surface area contributed by atoms with E-state index in [1.165, 1.54) is 5.56 Å². The fraction of sp³-hybridized carbons (Fsp3) is 0.520. The van der Waals surface area contributed by atoms with E-state index in [2.05, 4.69) is 76.5 Å². The first-order valence-corrected chi connectivity index (χ1v) is 11.6. The van der Waals surface area contributed by atoms with Crippen molar-refractivity contribution in [3.8, 4) is 5.75 Å². The minimum atomic E-state index is -0.157. The Morgan fingerprint density at radius 2 is 1.67 bits per heavy atom. The molecule has 3 atom stereocenters. The van der Waals surface area contributed by atoms with Crippen molar-refractivity contribution in [1.82, 2.24) is 9.88 Å². The number of pyridine rings is 1. The smallest absolute Gasteiger partial charge is 0.160 e. The monoisotopic (exact) mass is 423 g/mol. The van der Waals surface area contributed by atoms with Gasteiger partial charge < -0.3 is 10.0 Å². The lowest BCUT2D eigenvalue weighted by Crippen LogP contribution is -2.29. The minimum Gasteiger partial charge on any atom is -0.507 e. The maximum atomic E-state index is 11.2. The van der Waals surface area contributed by atoms with E-state index in [4.69, 9.17) is 4.99 Å². The zero-order valence-corrected chi connectivity index (χ0v) is 19.9. The molecular formula is C25H33N3OS. The molecule has 2 aromatic rings. The fourth-order valence-electron chi connectivity index (χ4n) is 4.45. The number of aromatic nitrogens is 1. The first-order chi connectivity index (χ1) is 14.0. The number of phenolic OH excluding ortho intramolecular Hbond substituents is 1. The molecule has 1 fully saturated rings. The molecule has 0 saturated carbocycles. The van der Waals surface area contributed by atoms with Crippen molar-refractivity contribution in [2.45, 2.75) is 76.6 Å².